The van der Waals surface area contributed by atoms with Gasteiger partial charge in [-0.3, -0.25) is 9.00 Å². The van der Waals surface area contributed by atoms with Crippen molar-refractivity contribution in [1.82, 2.24) is 5.32 Å². The molecule has 0 saturated carbocycles. The van der Waals surface area contributed by atoms with Gasteiger partial charge < -0.3 is 16.3 Å². The summed E-state index contributed by atoms with van der Waals surface area (Å²) in [5.74, 6) is -0.529. The summed E-state index contributed by atoms with van der Waals surface area (Å²) in [5, 5.41) is 14.3. The molecule has 0 heterocycles. The highest BCUT2D eigenvalue weighted by atomic mass is 32.2. The number of nitrogens with two attached hydrogens (primary N) is 1. The summed E-state index contributed by atoms with van der Waals surface area (Å²) >= 11 is 0. The Labute approximate surface area is 110 Å². The van der Waals surface area contributed by atoms with Gasteiger partial charge in [-0.1, -0.05) is 19.0 Å². The van der Waals surface area contributed by atoms with Crippen molar-refractivity contribution in [2.24, 2.45) is 22.7 Å². The van der Waals surface area contributed by atoms with Crippen LogP contribution >= 0.6 is 0 Å². The maximum Gasteiger partial charge on any atom is 0.231 e. The molecule has 3 unspecified atom stereocenters. The predicted molar refractivity (Wildman–Crippen MR) is 72.9 cm³/mol. The van der Waals surface area contributed by atoms with E-state index in [1.807, 2.05) is 20.8 Å². The van der Waals surface area contributed by atoms with E-state index in [9.17, 15) is 9.00 Å². The molecule has 0 radical (unpaired) electrons. The lowest BCUT2D eigenvalue weighted by atomic mass is 9.93. The van der Waals surface area contributed by atoms with Gasteiger partial charge in [0.2, 0.25) is 5.91 Å². The second kappa shape index (κ2) is 8.07. The van der Waals surface area contributed by atoms with Gasteiger partial charge in [0.1, 0.15) is 5.92 Å². The van der Waals surface area contributed by atoms with Crippen molar-refractivity contribution < 1.29 is 14.2 Å². The molecule has 106 valence electrons. The highest BCUT2D eigenvalue weighted by molar-refractivity contribution is 7.84. The molecule has 0 rings (SSSR count). The summed E-state index contributed by atoms with van der Waals surface area (Å²) in [6.45, 7) is 5.50. The molecule has 0 spiro atoms. The summed E-state index contributed by atoms with van der Waals surface area (Å²) in [6.07, 6.45) is 2.26. The van der Waals surface area contributed by atoms with Crippen LogP contribution in [0.1, 0.15) is 27.2 Å². The van der Waals surface area contributed by atoms with Gasteiger partial charge in [-0.2, -0.15) is 0 Å². The first-order valence-electron chi connectivity index (χ1n) is 5.87. The lowest BCUT2D eigenvalue weighted by Gasteiger charge is -2.21. The number of rotatable bonds is 7. The molecule has 0 aromatic carbocycles. The molecule has 0 fully saturated rings. The Morgan fingerprint density at radius 3 is 2.39 bits per heavy atom. The van der Waals surface area contributed by atoms with E-state index in [1.54, 1.807) is 6.26 Å². The van der Waals surface area contributed by atoms with Crippen molar-refractivity contribution in [3.05, 3.63) is 0 Å². The number of amides is 1. The van der Waals surface area contributed by atoms with Gasteiger partial charge in [0.15, 0.2) is 5.84 Å². The number of carbonyl (C=O) groups excluding carboxylic acids is 1. The summed E-state index contributed by atoms with van der Waals surface area (Å²) < 4.78 is 11.0. The fraction of sp³-hybridized carbons (Fsp3) is 0.818. The van der Waals surface area contributed by atoms with E-state index in [4.69, 9.17) is 10.9 Å². The Balaban J connectivity index is 4.48. The minimum atomic E-state index is -0.871. The molecule has 4 N–H and O–H groups in total. The van der Waals surface area contributed by atoms with Gasteiger partial charge in [-0.15, -0.1) is 0 Å². The Morgan fingerprint density at radius 1 is 1.44 bits per heavy atom. The highest BCUT2D eigenvalue weighted by Crippen LogP contribution is 2.12. The lowest BCUT2D eigenvalue weighted by molar-refractivity contribution is -0.124. The van der Waals surface area contributed by atoms with E-state index in [0.717, 1.165) is 0 Å². The zero-order valence-electron chi connectivity index (χ0n) is 11.3. The van der Waals surface area contributed by atoms with Gasteiger partial charge in [0.25, 0.3) is 0 Å². The third kappa shape index (κ3) is 6.00. The quantitative estimate of drug-likeness (QED) is 0.269. The standard InChI is InChI=1S/C11H23N3O3S/c1-7(2)9(10(12)14-16)11(15)13-8(3)5-6-18(4)17/h7-9,16H,5-6H2,1-4H3,(H2,12,14)(H,13,15). The fourth-order valence-corrected chi connectivity index (χ4v) is 2.27. The maximum atomic E-state index is 12.0. The minimum absolute atomic E-state index is 0.0617. The molecule has 7 heteroatoms. The molecule has 0 aliphatic heterocycles. The van der Waals surface area contributed by atoms with Gasteiger partial charge >= 0.3 is 0 Å². The number of amidine groups is 1. The summed E-state index contributed by atoms with van der Waals surface area (Å²) in [5.41, 5.74) is 5.51. The zero-order valence-corrected chi connectivity index (χ0v) is 12.2. The monoisotopic (exact) mass is 277 g/mol. The Hall–Kier alpha value is -1.11. The average molecular weight is 277 g/mol. The maximum absolute atomic E-state index is 12.0. The largest absolute Gasteiger partial charge is 0.409 e. The van der Waals surface area contributed by atoms with Crippen LogP contribution in [-0.4, -0.2) is 39.2 Å². The number of hydrogen-bond donors (Lipinski definition) is 3. The molecule has 0 aromatic heterocycles. The summed E-state index contributed by atoms with van der Waals surface area (Å²) in [6, 6.07) is -0.0888. The van der Waals surface area contributed by atoms with Crippen molar-refractivity contribution in [1.29, 1.82) is 0 Å². The lowest BCUT2D eigenvalue weighted by Crippen LogP contribution is -2.45. The number of nitrogens with zero attached hydrogens (tertiary/aromatic N) is 1. The van der Waals surface area contributed by atoms with Gasteiger partial charge in [-0.25, -0.2) is 0 Å². The van der Waals surface area contributed by atoms with E-state index >= 15 is 0 Å². The SMILES string of the molecule is CC(CCS(C)=O)NC(=O)C(C(N)=NO)C(C)C. The smallest absolute Gasteiger partial charge is 0.231 e. The van der Waals surface area contributed by atoms with Crippen molar-refractivity contribution >= 4 is 22.5 Å². The molecule has 0 aliphatic carbocycles. The highest BCUT2D eigenvalue weighted by Gasteiger charge is 2.27. The van der Waals surface area contributed by atoms with E-state index in [2.05, 4.69) is 10.5 Å². The molecule has 1 amide bonds. The number of oxime groups is 1. The second-order valence-corrected chi connectivity index (χ2v) is 6.28. The first kappa shape index (κ1) is 16.9. The third-order valence-corrected chi connectivity index (χ3v) is 3.42. The van der Waals surface area contributed by atoms with Crippen LogP contribution in [0.2, 0.25) is 0 Å². The summed E-state index contributed by atoms with van der Waals surface area (Å²) in [7, 11) is -0.871. The van der Waals surface area contributed by atoms with Crippen LogP contribution in [-0.2, 0) is 15.6 Å². The molecule has 3 atom stereocenters. The third-order valence-electron chi connectivity index (χ3n) is 2.61. The van der Waals surface area contributed by atoms with Crippen LogP contribution in [0.5, 0.6) is 0 Å². The van der Waals surface area contributed by atoms with Crippen molar-refractivity contribution in [3.63, 3.8) is 0 Å². The Morgan fingerprint density at radius 2 is 2.00 bits per heavy atom. The van der Waals surface area contributed by atoms with E-state index < -0.39 is 16.7 Å². The van der Waals surface area contributed by atoms with Gasteiger partial charge in [-0.05, 0) is 19.3 Å². The first-order valence-corrected chi connectivity index (χ1v) is 7.60. The van der Waals surface area contributed by atoms with Crippen LogP contribution in [0.3, 0.4) is 0 Å². The van der Waals surface area contributed by atoms with Crippen molar-refractivity contribution in [3.8, 4) is 0 Å². The fourth-order valence-electron chi connectivity index (χ4n) is 1.59. The predicted octanol–water partition coefficient (Wildman–Crippen LogP) is 0.278. The zero-order chi connectivity index (χ0) is 14.3. The van der Waals surface area contributed by atoms with Crippen LogP contribution < -0.4 is 11.1 Å². The molecule has 0 aliphatic rings. The van der Waals surface area contributed by atoms with E-state index in [0.29, 0.717) is 12.2 Å². The van der Waals surface area contributed by atoms with Crippen molar-refractivity contribution in [2.75, 3.05) is 12.0 Å². The van der Waals surface area contributed by atoms with E-state index in [-0.39, 0.29) is 23.7 Å². The molecule has 18 heavy (non-hydrogen) atoms. The molecular weight excluding hydrogens is 254 g/mol. The minimum Gasteiger partial charge on any atom is -0.409 e. The van der Waals surface area contributed by atoms with Gasteiger partial charge in [0.05, 0.1) is 0 Å². The first-order chi connectivity index (χ1) is 8.29. The summed E-state index contributed by atoms with van der Waals surface area (Å²) in [4.78, 5) is 12.0. The number of carbonyl (C=O) groups is 1. The molecule has 0 bridgehead atoms. The van der Waals surface area contributed by atoms with E-state index in [1.165, 1.54) is 0 Å². The van der Waals surface area contributed by atoms with Crippen LogP contribution in [0.25, 0.3) is 0 Å². The second-order valence-electron chi connectivity index (χ2n) is 4.72. The molecule has 0 saturated heterocycles. The topological polar surface area (TPSA) is 105 Å². The molecule has 6 nitrogen and oxygen atoms in total. The Bertz CT molecular complexity index is 331. The Kier molecular flexibility index (Phi) is 7.58. The van der Waals surface area contributed by atoms with Crippen LogP contribution in [0.15, 0.2) is 5.16 Å². The van der Waals surface area contributed by atoms with Crippen LogP contribution in [0.4, 0.5) is 0 Å². The normalized spacial score (nSPS) is 17.3. The van der Waals surface area contributed by atoms with Gasteiger partial charge in [0, 0.05) is 28.9 Å². The molecular formula is C11H23N3O3S. The number of nitrogens with one attached hydrogen (secondary N) is 1. The average Bonchev–Trinajstić information content (AvgIpc) is 2.25. The van der Waals surface area contributed by atoms with Crippen molar-refractivity contribution in [2.45, 2.75) is 33.2 Å². The van der Waals surface area contributed by atoms with Crippen LogP contribution in [0, 0.1) is 11.8 Å². The number of hydrogen-bond acceptors (Lipinski definition) is 4. The molecule has 0 aromatic rings.